The summed E-state index contributed by atoms with van der Waals surface area (Å²) in [6, 6.07) is 1.55. The van der Waals surface area contributed by atoms with Crippen LogP contribution in [0.3, 0.4) is 0 Å². The van der Waals surface area contributed by atoms with Crippen LogP contribution in [-0.4, -0.2) is 83.1 Å². The molecule has 0 radical (unpaired) electrons. The van der Waals surface area contributed by atoms with Gasteiger partial charge in [0, 0.05) is 49.1 Å². The van der Waals surface area contributed by atoms with Crippen LogP contribution >= 0.6 is 11.3 Å². The normalized spacial score (nSPS) is 24.1. The molecule has 3 aliphatic rings. The zero-order chi connectivity index (χ0) is 28.4. The average Bonchev–Trinajstić information content (AvgIpc) is 3.37. The largest absolute Gasteiger partial charge is 0.478 e. The molecule has 1 aromatic heterocycles. The lowest BCUT2D eigenvalue weighted by molar-refractivity contribution is -0.154. The molecule has 214 valence electrons. The fourth-order valence-electron chi connectivity index (χ4n) is 6.20. The number of aliphatic carboxylic acids is 1. The number of amides is 3. The summed E-state index contributed by atoms with van der Waals surface area (Å²) < 4.78 is 5.69. The zero-order valence-electron chi connectivity index (χ0n) is 23.3. The van der Waals surface area contributed by atoms with Crippen LogP contribution < -0.4 is 10.6 Å². The third kappa shape index (κ3) is 6.46. The molecule has 3 N–H and O–H groups in total. The number of likely N-dealkylation sites (tertiary alicyclic amines) is 2. The van der Waals surface area contributed by atoms with Crippen LogP contribution in [0.15, 0.2) is 11.6 Å². The van der Waals surface area contributed by atoms with Gasteiger partial charge in [-0.3, -0.25) is 19.8 Å². The number of nitrogens with zero attached hydrogens (tertiary/aromatic N) is 2. The molecular formula is C28H40N4O6S. The van der Waals surface area contributed by atoms with E-state index in [1.807, 2.05) is 13.8 Å². The van der Waals surface area contributed by atoms with Crippen molar-refractivity contribution in [3.8, 4) is 0 Å². The van der Waals surface area contributed by atoms with E-state index in [1.165, 1.54) is 11.3 Å². The van der Waals surface area contributed by atoms with Gasteiger partial charge in [-0.2, -0.15) is 0 Å². The molecule has 0 aliphatic carbocycles. The van der Waals surface area contributed by atoms with E-state index in [9.17, 15) is 24.3 Å². The fraction of sp³-hybridized carbons (Fsp3) is 0.643. The standard InChI is InChI=1S/C28H40N4O6S/c1-5-18(24(34)35)14-20-15-21(22(39-20)30-26(37)29-6-2)23(33)31-12-8-19(9-13-31)32-11-7-10-28(17-32)16-27(3,4)38-25(28)36/h14-15,19H,5-13,16-17H2,1-4H3,(H,34,35)(H2,29,30,37)/b18-14+. The second-order valence-corrected chi connectivity index (χ2v) is 12.5. The number of carbonyl (C=O) groups excluding carboxylic acids is 3. The summed E-state index contributed by atoms with van der Waals surface area (Å²) in [5.74, 6) is -1.26. The quantitative estimate of drug-likeness (QED) is 0.337. The molecule has 4 rings (SSSR count). The van der Waals surface area contributed by atoms with Gasteiger partial charge < -0.3 is 20.1 Å². The van der Waals surface area contributed by atoms with E-state index < -0.39 is 23.0 Å². The number of ether oxygens (including phenoxy) is 1. The lowest BCUT2D eigenvalue weighted by Gasteiger charge is -2.44. The Hall–Kier alpha value is -2.92. The molecular weight excluding hydrogens is 520 g/mol. The minimum Gasteiger partial charge on any atom is -0.478 e. The third-order valence-corrected chi connectivity index (χ3v) is 8.96. The number of rotatable bonds is 7. The molecule has 1 spiro atoms. The number of urea groups is 1. The maximum absolute atomic E-state index is 13.6. The second-order valence-electron chi connectivity index (χ2n) is 11.4. The minimum atomic E-state index is -1.01. The number of carboxylic acid groups (broad SMARTS) is 1. The van der Waals surface area contributed by atoms with E-state index in [2.05, 4.69) is 15.5 Å². The highest BCUT2D eigenvalue weighted by atomic mass is 32.1. The van der Waals surface area contributed by atoms with Crippen molar-refractivity contribution in [1.82, 2.24) is 15.1 Å². The molecule has 0 saturated carbocycles. The number of hydrogen-bond donors (Lipinski definition) is 3. The Morgan fingerprint density at radius 2 is 1.92 bits per heavy atom. The molecule has 0 bridgehead atoms. The lowest BCUT2D eigenvalue weighted by Crippen LogP contribution is -2.53. The number of carbonyl (C=O) groups is 4. The van der Waals surface area contributed by atoms with Gasteiger partial charge in [0.1, 0.15) is 10.6 Å². The summed E-state index contributed by atoms with van der Waals surface area (Å²) in [4.78, 5) is 55.0. The summed E-state index contributed by atoms with van der Waals surface area (Å²) in [6.07, 6.45) is 6.06. The Bertz CT molecular complexity index is 1150. The number of esters is 1. The van der Waals surface area contributed by atoms with Gasteiger partial charge in [0.15, 0.2) is 0 Å². The zero-order valence-corrected chi connectivity index (χ0v) is 24.1. The van der Waals surface area contributed by atoms with Gasteiger partial charge >= 0.3 is 18.0 Å². The van der Waals surface area contributed by atoms with E-state index in [0.29, 0.717) is 54.1 Å². The Balaban J connectivity index is 1.45. The smallest absolute Gasteiger partial charge is 0.331 e. The van der Waals surface area contributed by atoms with Crippen LogP contribution in [0.1, 0.15) is 81.5 Å². The topological polar surface area (TPSA) is 128 Å². The number of anilines is 1. The number of cyclic esters (lactones) is 1. The first-order valence-corrected chi connectivity index (χ1v) is 14.7. The molecule has 3 amide bonds. The highest BCUT2D eigenvalue weighted by Crippen LogP contribution is 2.46. The summed E-state index contributed by atoms with van der Waals surface area (Å²) in [6.45, 7) is 10.8. The average molecular weight is 561 g/mol. The molecule has 10 nitrogen and oxygen atoms in total. The maximum atomic E-state index is 13.6. The van der Waals surface area contributed by atoms with Gasteiger partial charge in [0.05, 0.1) is 11.0 Å². The van der Waals surface area contributed by atoms with E-state index in [1.54, 1.807) is 30.9 Å². The molecule has 11 heteroatoms. The van der Waals surface area contributed by atoms with Crippen molar-refractivity contribution in [3.05, 3.63) is 22.1 Å². The van der Waals surface area contributed by atoms with Crippen LogP contribution in [0.2, 0.25) is 0 Å². The minimum absolute atomic E-state index is 0.0756. The predicted molar refractivity (Wildman–Crippen MR) is 150 cm³/mol. The Labute approximate surface area is 233 Å². The van der Waals surface area contributed by atoms with Crippen molar-refractivity contribution in [2.24, 2.45) is 5.41 Å². The molecule has 1 aromatic rings. The first-order valence-electron chi connectivity index (χ1n) is 13.9. The third-order valence-electron chi connectivity index (χ3n) is 7.96. The Morgan fingerprint density at radius 1 is 1.21 bits per heavy atom. The first kappa shape index (κ1) is 29.1. The molecule has 1 atom stereocenters. The van der Waals surface area contributed by atoms with Crippen molar-refractivity contribution in [3.63, 3.8) is 0 Å². The van der Waals surface area contributed by atoms with Gasteiger partial charge in [-0.25, -0.2) is 9.59 Å². The van der Waals surface area contributed by atoms with Crippen molar-refractivity contribution in [2.45, 2.75) is 77.9 Å². The number of nitrogens with one attached hydrogen (secondary N) is 2. The number of thiophene rings is 1. The van der Waals surface area contributed by atoms with Gasteiger partial charge in [-0.15, -0.1) is 11.3 Å². The molecule has 3 fully saturated rings. The molecule has 39 heavy (non-hydrogen) atoms. The van der Waals surface area contributed by atoms with E-state index >= 15 is 0 Å². The van der Waals surface area contributed by atoms with Crippen LogP contribution in [-0.2, 0) is 14.3 Å². The van der Waals surface area contributed by atoms with Crippen LogP contribution in [0, 0.1) is 5.41 Å². The predicted octanol–water partition coefficient (Wildman–Crippen LogP) is 4.18. The number of carboxylic acids is 1. The summed E-state index contributed by atoms with van der Waals surface area (Å²) in [5, 5.41) is 15.3. The molecule has 4 heterocycles. The Morgan fingerprint density at radius 3 is 2.51 bits per heavy atom. The van der Waals surface area contributed by atoms with Crippen molar-refractivity contribution in [2.75, 3.05) is 38.0 Å². The van der Waals surface area contributed by atoms with E-state index in [4.69, 9.17) is 4.74 Å². The Kier molecular flexibility index (Phi) is 8.70. The van der Waals surface area contributed by atoms with Gasteiger partial charge in [0.25, 0.3) is 5.91 Å². The summed E-state index contributed by atoms with van der Waals surface area (Å²) >= 11 is 1.19. The maximum Gasteiger partial charge on any atom is 0.331 e. The van der Waals surface area contributed by atoms with Gasteiger partial charge in [0.2, 0.25) is 0 Å². The molecule has 3 aliphatic heterocycles. The SMILES string of the molecule is CCNC(=O)Nc1sc(/C=C(\CC)C(=O)O)cc1C(=O)N1CCC(N2CCCC3(C2)CC(C)(C)OC3=O)CC1. The monoisotopic (exact) mass is 560 g/mol. The van der Waals surface area contributed by atoms with Crippen LogP contribution in [0.25, 0.3) is 6.08 Å². The number of piperidine rings is 2. The summed E-state index contributed by atoms with van der Waals surface area (Å²) in [5.41, 5.74) is -0.256. The van der Waals surface area contributed by atoms with Gasteiger partial charge in [-0.05, 0) is 71.6 Å². The van der Waals surface area contributed by atoms with Crippen molar-refractivity contribution >= 4 is 46.3 Å². The highest BCUT2D eigenvalue weighted by Gasteiger charge is 2.54. The van der Waals surface area contributed by atoms with Crippen molar-refractivity contribution in [1.29, 1.82) is 0 Å². The van der Waals surface area contributed by atoms with Gasteiger partial charge in [-0.1, -0.05) is 6.92 Å². The first-order chi connectivity index (χ1) is 18.5. The van der Waals surface area contributed by atoms with Crippen LogP contribution in [0.4, 0.5) is 9.80 Å². The lowest BCUT2D eigenvalue weighted by atomic mass is 9.74. The number of hydrogen-bond acceptors (Lipinski definition) is 7. The van der Waals surface area contributed by atoms with E-state index in [-0.39, 0.29) is 17.4 Å². The molecule has 3 saturated heterocycles. The second kappa shape index (κ2) is 11.7. The molecule has 0 aromatic carbocycles. The summed E-state index contributed by atoms with van der Waals surface area (Å²) in [7, 11) is 0. The fourth-order valence-corrected chi connectivity index (χ4v) is 7.22. The van der Waals surface area contributed by atoms with Crippen molar-refractivity contribution < 1.29 is 29.0 Å². The van der Waals surface area contributed by atoms with E-state index in [0.717, 1.165) is 38.6 Å². The molecule has 1 unspecified atom stereocenters. The highest BCUT2D eigenvalue weighted by molar-refractivity contribution is 7.17. The van der Waals surface area contributed by atoms with Crippen LogP contribution in [0.5, 0.6) is 0 Å².